The first-order valence-corrected chi connectivity index (χ1v) is 7.08. The molecule has 0 aromatic rings. The van der Waals surface area contributed by atoms with Crippen molar-refractivity contribution in [2.45, 2.75) is 58.5 Å². The lowest BCUT2D eigenvalue weighted by Gasteiger charge is -2.38. The molecule has 0 aliphatic carbocycles. The number of nitrogens with zero attached hydrogens (tertiary/aromatic N) is 1. The number of primary amides is 1. The SMILES string of the molecule is CC(CN1CCCCC1CNC(C)(C)C)C(N)=O. The summed E-state index contributed by atoms with van der Waals surface area (Å²) in [7, 11) is 0. The van der Waals surface area contributed by atoms with E-state index in [0.29, 0.717) is 6.04 Å². The van der Waals surface area contributed by atoms with Gasteiger partial charge < -0.3 is 11.1 Å². The van der Waals surface area contributed by atoms with Gasteiger partial charge in [-0.2, -0.15) is 0 Å². The maximum Gasteiger partial charge on any atom is 0.221 e. The molecule has 0 aromatic heterocycles. The van der Waals surface area contributed by atoms with E-state index in [1.807, 2.05) is 6.92 Å². The standard InChI is InChI=1S/C14H29N3O/c1-11(13(15)18)10-17-8-6-5-7-12(17)9-16-14(2,3)4/h11-12,16H,5-10H2,1-4H3,(H2,15,18). The minimum Gasteiger partial charge on any atom is -0.369 e. The molecule has 3 N–H and O–H groups in total. The predicted octanol–water partition coefficient (Wildman–Crippen LogP) is 1.35. The predicted molar refractivity (Wildman–Crippen MR) is 75.3 cm³/mol. The van der Waals surface area contributed by atoms with Crippen LogP contribution in [0.15, 0.2) is 0 Å². The summed E-state index contributed by atoms with van der Waals surface area (Å²) < 4.78 is 0. The number of carbonyl (C=O) groups excluding carboxylic acids is 1. The van der Waals surface area contributed by atoms with Gasteiger partial charge >= 0.3 is 0 Å². The highest BCUT2D eigenvalue weighted by atomic mass is 16.1. The average molecular weight is 255 g/mol. The van der Waals surface area contributed by atoms with Gasteiger partial charge in [0, 0.05) is 30.6 Å². The summed E-state index contributed by atoms with van der Waals surface area (Å²) in [4.78, 5) is 13.6. The average Bonchev–Trinajstić information content (AvgIpc) is 2.26. The zero-order valence-electron chi connectivity index (χ0n) is 12.3. The minimum atomic E-state index is -0.192. The van der Waals surface area contributed by atoms with Crippen molar-refractivity contribution < 1.29 is 4.79 Å². The van der Waals surface area contributed by atoms with Crippen LogP contribution in [0.1, 0.15) is 47.0 Å². The van der Waals surface area contributed by atoms with Gasteiger partial charge in [-0.15, -0.1) is 0 Å². The van der Waals surface area contributed by atoms with Crippen LogP contribution in [-0.2, 0) is 4.79 Å². The number of hydrogen-bond donors (Lipinski definition) is 2. The lowest BCUT2D eigenvalue weighted by Crippen LogP contribution is -2.51. The molecule has 18 heavy (non-hydrogen) atoms. The molecule has 1 amide bonds. The number of nitrogens with two attached hydrogens (primary N) is 1. The molecule has 1 aliphatic rings. The fraction of sp³-hybridized carbons (Fsp3) is 0.929. The van der Waals surface area contributed by atoms with Crippen molar-refractivity contribution in [1.29, 1.82) is 0 Å². The first-order chi connectivity index (χ1) is 8.29. The summed E-state index contributed by atoms with van der Waals surface area (Å²) in [5.41, 5.74) is 5.51. The summed E-state index contributed by atoms with van der Waals surface area (Å²) in [5, 5.41) is 3.57. The van der Waals surface area contributed by atoms with Gasteiger partial charge in [0.25, 0.3) is 0 Å². The monoisotopic (exact) mass is 255 g/mol. The highest BCUT2D eigenvalue weighted by molar-refractivity contribution is 5.76. The van der Waals surface area contributed by atoms with Crippen molar-refractivity contribution in [2.75, 3.05) is 19.6 Å². The molecule has 4 nitrogen and oxygen atoms in total. The Balaban J connectivity index is 2.49. The van der Waals surface area contributed by atoms with Crippen LogP contribution in [0.25, 0.3) is 0 Å². The van der Waals surface area contributed by atoms with Crippen molar-refractivity contribution >= 4 is 5.91 Å². The largest absolute Gasteiger partial charge is 0.369 e. The fourth-order valence-electron chi connectivity index (χ4n) is 2.40. The van der Waals surface area contributed by atoms with Gasteiger partial charge in [-0.1, -0.05) is 13.3 Å². The molecule has 1 heterocycles. The molecule has 2 atom stereocenters. The van der Waals surface area contributed by atoms with Crippen molar-refractivity contribution in [3.8, 4) is 0 Å². The molecule has 0 bridgehead atoms. The Labute approximate surface area is 111 Å². The van der Waals surface area contributed by atoms with Crippen LogP contribution in [-0.4, -0.2) is 42.0 Å². The van der Waals surface area contributed by atoms with Crippen LogP contribution in [0.4, 0.5) is 0 Å². The molecule has 0 spiro atoms. The van der Waals surface area contributed by atoms with Crippen molar-refractivity contribution in [2.24, 2.45) is 11.7 Å². The van der Waals surface area contributed by atoms with E-state index in [1.54, 1.807) is 0 Å². The Morgan fingerprint density at radius 1 is 1.44 bits per heavy atom. The van der Waals surface area contributed by atoms with Gasteiger partial charge in [-0.3, -0.25) is 9.69 Å². The fourth-order valence-corrected chi connectivity index (χ4v) is 2.40. The number of rotatable bonds is 5. The van der Waals surface area contributed by atoms with Crippen LogP contribution in [0.3, 0.4) is 0 Å². The van der Waals surface area contributed by atoms with Crippen molar-refractivity contribution in [3.63, 3.8) is 0 Å². The van der Waals surface area contributed by atoms with E-state index in [0.717, 1.165) is 19.6 Å². The highest BCUT2D eigenvalue weighted by Crippen LogP contribution is 2.18. The minimum absolute atomic E-state index is 0.0553. The first-order valence-electron chi connectivity index (χ1n) is 7.08. The van der Waals surface area contributed by atoms with Gasteiger partial charge in [0.15, 0.2) is 0 Å². The molecule has 1 fully saturated rings. The van der Waals surface area contributed by atoms with E-state index in [2.05, 4.69) is 31.0 Å². The third-order valence-electron chi connectivity index (χ3n) is 3.61. The summed E-state index contributed by atoms with van der Waals surface area (Å²) >= 11 is 0. The summed E-state index contributed by atoms with van der Waals surface area (Å²) in [6.07, 6.45) is 3.74. The Bertz CT molecular complexity index is 273. The van der Waals surface area contributed by atoms with Crippen LogP contribution in [0, 0.1) is 5.92 Å². The van der Waals surface area contributed by atoms with Gasteiger partial charge in [-0.25, -0.2) is 0 Å². The number of nitrogens with one attached hydrogen (secondary N) is 1. The molecular weight excluding hydrogens is 226 g/mol. The number of carbonyl (C=O) groups is 1. The van der Waals surface area contributed by atoms with Crippen LogP contribution < -0.4 is 11.1 Å². The van der Waals surface area contributed by atoms with Crippen LogP contribution >= 0.6 is 0 Å². The molecule has 0 saturated carbocycles. The summed E-state index contributed by atoms with van der Waals surface area (Å²) in [6, 6.07) is 0.541. The number of likely N-dealkylation sites (tertiary alicyclic amines) is 1. The lowest BCUT2D eigenvalue weighted by molar-refractivity contribution is -0.122. The van der Waals surface area contributed by atoms with E-state index in [-0.39, 0.29) is 17.4 Å². The topological polar surface area (TPSA) is 58.4 Å². The Kier molecular flexibility index (Phi) is 5.60. The Morgan fingerprint density at radius 3 is 2.67 bits per heavy atom. The molecule has 1 aliphatic heterocycles. The molecule has 106 valence electrons. The first kappa shape index (κ1) is 15.4. The van der Waals surface area contributed by atoms with Gasteiger partial charge in [0.05, 0.1) is 0 Å². The van der Waals surface area contributed by atoms with Gasteiger partial charge in [0.2, 0.25) is 5.91 Å². The van der Waals surface area contributed by atoms with Crippen molar-refractivity contribution in [1.82, 2.24) is 10.2 Å². The van der Waals surface area contributed by atoms with Crippen LogP contribution in [0.5, 0.6) is 0 Å². The van der Waals surface area contributed by atoms with E-state index >= 15 is 0 Å². The zero-order chi connectivity index (χ0) is 13.8. The summed E-state index contributed by atoms with van der Waals surface area (Å²) in [6.45, 7) is 11.4. The van der Waals surface area contributed by atoms with Crippen molar-refractivity contribution in [3.05, 3.63) is 0 Å². The molecule has 1 rings (SSSR count). The molecular formula is C14H29N3O. The second kappa shape index (κ2) is 6.53. The Morgan fingerprint density at radius 2 is 2.11 bits per heavy atom. The maximum atomic E-state index is 11.2. The van der Waals surface area contributed by atoms with Gasteiger partial charge in [-0.05, 0) is 40.2 Å². The second-order valence-corrected chi connectivity index (χ2v) is 6.58. The highest BCUT2D eigenvalue weighted by Gasteiger charge is 2.26. The molecule has 0 aromatic carbocycles. The third-order valence-corrected chi connectivity index (χ3v) is 3.61. The maximum absolute atomic E-state index is 11.2. The molecule has 0 radical (unpaired) electrons. The normalized spacial score (nSPS) is 23.9. The van der Waals surface area contributed by atoms with E-state index in [1.165, 1.54) is 19.3 Å². The third kappa shape index (κ3) is 5.36. The smallest absolute Gasteiger partial charge is 0.221 e. The molecule has 1 saturated heterocycles. The second-order valence-electron chi connectivity index (χ2n) is 6.58. The number of amides is 1. The quantitative estimate of drug-likeness (QED) is 0.779. The zero-order valence-corrected chi connectivity index (χ0v) is 12.3. The molecule has 2 unspecified atom stereocenters. The van der Waals surface area contributed by atoms with Crippen LogP contribution in [0.2, 0.25) is 0 Å². The van der Waals surface area contributed by atoms with E-state index in [4.69, 9.17) is 5.73 Å². The van der Waals surface area contributed by atoms with E-state index < -0.39 is 0 Å². The number of hydrogen-bond acceptors (Lipinski definition) is 3. The number of piperidine rings is 1. The molecule has 4 heteroatoms. The van der Waals surface area contributed by atoms with E-state index in [9.17, 15) is 4.79 Å². The summed E-state index contributed by atoms with van der Waals surface area (Å²) in [5.74, 6) is -0.247. The van der Waals surface area contributed by atoms with Gasteiger partial charge in [0.1, 0.15) is 0 Å². The Hall–Kier alpha value is -0.610. The lowest BCUT2D eigenvalue weighted by atomic mass is 9.98.